The lowest BCUT2D eigenvalue weighted by Gasteiger charge is -2.13. The van der Waals surface area contributed by atoms with Crippen molar-refractivity contribution in [2.75, 3.05) is 19.5 Å². The number of amides is 1. The van der Waals surface area contributed by atoms with Crippen molar-refractivity contribution in [2.24, 2.45) is 0 Å². The van der Waals surface area contributed by atoms with Crippen LogP contribution in [0.4, 0.5) is 5.69 Å². The van der Waals surface area contributed by atoms with Gasteiger partial charge in [-0.25, -0.2) is 4.98 Å². The van der Waals surface area contributed by atoms with Gasteiger partial charge in [0.1, 0.15) is 5.82 Å². The Morgan fingerprint density at radius 3 is 2.53 bits per heavy atom. The lowest BCUT2D eigenvalue weighted by atomic mass is 10.1. The number of para-hydroxylation sites is 1. The highest BCUT2D eigenvalue weighted by Gasteiger charge is 2.12. The third kappa shape index (κ3) is 4.18. The van der Waals surface area contributed by atoms with Crippen LogP contribution in [0, 0.1) is 6.92 Å². The molecule has 0 saturated carbocycles. The third-order valence-corrected chi connectivity index (χ3v) is 5.14. The predicted molar refractivity (Wildman–Crippen MR) is 124 cm³/mol. The number of carbonyl (C=O) groups is 1. The van der Waals surface area contributed by atoms with Crippen LogP contribution >= 0.6 is 0 Å². The largest absolute Gasteiger partial charge is 0.493 e. The van der Waals surface area contributed by atoms with Crippen LogP contribution in [0.15, 0.2) is 71.5 Å². The molecule has 32 heavy (non-hydrogen) atoms. The zero-order valence-electron chi connectivity index (χ0n) is 18.1. The lowest BCUT2D eigenvalue weighted by molar-refractivity contribution is -0.115. The second kappa shape index (κ2) is 8.93. The molecule has 162 valence electrons. The minimum atomic E-state index is -0.185. The quantitative estimate of drug-likeness (QED) is 0.503. The van der Waals surface area contributed by atoms with Crippen molar-refractivity contribution in [3.8, 4) is 17.2 Å². The SMILES string of the molecule is COc1ccc(CC(=O)Nc2cccc(-n3c(C)nc4ccccc4c3=O)c2)cc1OC. The monoisotopic (exact) mass is 429 g/mol. The first-order chi connectivity index (χ1) is 15.5. The zero-order valence-corrected chi connectivity index (χ0v) is 18.1. The molecule has 0 aliphatic rings. The number of methoxy groups -OCH3 is 2. The summed E-state index contributed by atoms with van der Waals surface area (Å²) in [6, 6.07) is 19.8. The number of aromatic nitrogens is 2. The molecule has 0 fully saturated rings. The Hall–Kier alpha value is -4.13. The van der Waals surface area contributed by atoms with Crippen LogP contribution in [0.25, 0.3) is 16.6 Å². The second-order valence-electron chi connectivity index (χ2n) is 7.28. The van der Waals surface area contributed by atoms with E-state index in [1.165, 1.54) is 0 Å². The number of fused-ring (bicyclic) bond motifs is 1. The molecule has 4 rings (SSSR count). The van der Waals surface area contributed by atoms with E-state index in [9.17, 15) is 9.59 Å². The molecule has 1 N–H and O–H groups in total. The Morgan fingerprint density at radius 1 is 0.969 bits per heavy atom. The van der Waals surface area contributed by atoms with Crippen molar-refractivity contribution >= 4 is 22.5 Å². The summed E-state index contributed by atoms with van der Waals surface area (Å²) in [6.07, 6.45) is 0.168. The summed E-state index contributed by atoms with van der Waals surface area (Å²) in [5.41, 5.74) is 2.52. The smallest absolute Gasteiger partial charge is 0.265 e. The van der Waals surface area contributed by atoms with Crippen LogP contribution in [0.5, 0.6) is 11.5 Å². The first kappa shape index (κ1) is 21.1. The highest BCUT2D eigenvalue weighted by molar-refractivity contribution is 5.92. The van der Waals surface area contributed by atoms with Crippen molar-refractivity contribution in [3.05, 3.63) is 88.5 Å². The molecule has 0 radical (unpaired) electrons. The van der Waals surface area contributed by atoms with E-state index in [1.807, 2.05) is 30.3 Å². The van der Waals surface area contributed by atoms with Crippen LogP contribution in [0.3, 0.4) is 0 Å². The van der Waals surface area contributed by atoms with Crippen molar-refractivity contribution in [3.63, 3.8) is 0 Å². The standard InChI is InChI=1S/C25H23N3O4/c1-16-26-21-10-5-4-9-20(21)25(30)28(16)19-8-6-7-18(15-19)27-24(29)14-17-11-12-22(31-2)23(13-17)32-3/h4-13,15H,14H2,1-3H3,(H,27,29). The van der Waals surface area contributed by atoms with E-state index >= 15 is 0 Å². The van der Waals surface area contributed by atoms with E-state index in [1.54, 1.807) is 62.1 Å². The number of benzene rings is 3. The van der Waals surface area contributed by atoms with Gasteiger partial charge in [0, 0.05) is 5.69 Å². The number of ether oxygens (including phenoxy) is 2. The second-order valence-corrected chi connectivity index (χ2v) is 7.28. The summed E-state index contributed by atoms with van der Waals surface area (Å²) >= 11 is 0. The van der Waals surface area contributed by atoms with Gasteiger partial charge in [-0.3, -0.25) is 14.2 Å². The maximum Gasteiger partial charge on any atom is 0.265 e. The zero-order chi connectivity index (χ0) is 22.7. The minimum absolute atomic E-state index is 0.151. The molecule has 0 atom stereocenters. The predicted octanol–water partition coefficient (Wildman–Crippen LogP) is 3.89. The molecule has 4 aromatic rings. The molecule has 7 nitrogen and oxygen atoms in total. The van der Waals surface area contributed by atoms with Crippen molar-refractivity contribution < 1.29 is 14.3 Å². The molecule has 1 amide bonds. The Balaban J connectivity index is 1.59. The van der Waals surface area contributed by atoms with Crippen LogP contribution in [-0.4, -0.2) is 29.7 Å². The highest BCUT2D eigenvalue weighted by Crippen LogP contribution is 2.28. The fraction of sp³-hybridized carbons (Fsp3) is 0.160. The molecule has 0 aliphatic heterocycles. The number of hydrogen-bond donors (Lipinski definition) is 1. The van der Waals surface area contributed by atoms with E-state index in [0.29, 0.717) is 39.6 Å². The van der Waals surface area contributed by atoms with E-state index < -0.39 is 0 Å². The van der Waals surface area contributed by atoms with Gasteiger partial charge in [-0.1, -0.05) is 24.3 Å². The normalized spacial score (nSPS) is 10.7. The first-order valence-electron chi connectivity index (χ1n) is 10.1. The van der Waals surface area contributed by atoms with Gasteiger partial charge < -0.3 is 14.8 Å². The first-order valence-corrected chi connectivity index (χ1v) is 10.1. The van der Waals surface area contributed by atoms with Gasteiger partial charge in [-0.15, -0.1) is 0 Å². The molecular formula is C25H23N3O4. The summed E-state index contributed by atoms with van der Waals surface area (Å²) < 4.78 is 12.1. The van der Waals surface area contributed by atoms with Gasteiger partial charge in [-0.2, -0.15) is 0 Å². The van der Waals surface area contributed by atoms with Gasteiger partial charge >= 0.3 is 0 Å². The van der Waals surface area contributed by atoms with E-state index in [0.717, 1.165) is 5.56 Å². The number of nitrogens with zero attached hydrogens (tertiary/aromatic N) is 2. The molecule has 0 saturated heterocycles. The summed E-state index contributed by atoms with van der Waals surface area (Å²) in [5, 5.41) is 3.44. The Labute approximate surface area is 185 Å². The number of aryl methyl sites for hydroxylation is 1. The summed E-state index contributed by atoms with van der Waals surface area (Å²) in [5.74, 6) is 1.56. The number of rotatable bonds is 6. The molecular weight excluding hydrogens is 406 g/mol. The Bertz CT molecular complexity index is 1360. The van der Waals surface area contributed by atoms with E-state index in [4.69, 9.17) is 9.47 Å². The average Bonchev–Trinajstić information content (AvgIpc) is 2.79. The number of anilines is 1. The molecule has 0 aliphatic carbocycles. The maximum absolute atomic E-state index is 13.1. The molecule has 0 spiro atoms. The lowest BCUT2D eigenvalue weighted by Crippen LogP contribution is -2.22. The third-order valence-electron chi connectivity index (χ3n) is 5.14. The van der Waals surface area contributed by atoms with Crippen molar-refractivity contribution in [1.29, 1.82) is 0 Å². The maximum atomic E-state index is 13.1. The topological polar surface area (TPSA) is 82.5 Å². The van der Waals surface area contributed by atoms with Crippen LogP contribution in [-0.2, 0) is 11.2 Å². The molecule has 7 heteroatoms. The minimum Gasteiger partial charge on any atom is -0.493 e. The van der Waals surface area contributed by atoms with Gasteiger partial charge in [0.2, 0.25) is 5.91 Å². The van der Waals surface area contributed by atoms with Gasteiger partial charge in [0.25, 0.3) is 5.56 Å². The van der Waals surface area contributed by atoms with Crippen molar-refractivity contribution in [1.82, 2.24) is 9.55 Å². The summed E-state index contributed by atoms with van der Waals surface area (Å²) in [4.78, 5) is 30.2. The van der Waals surface area contributed by atoms with Crippen LogP contribution in [0.2, 0.25) is 0 Å². The Kier molecular flexibility index (Phi) is 5.89. The summed E-state index contributed by atoms with van der Waals surface area (Å²) in [7, 11) is 3.12. The molecule has 0 unspecified atom stereocenters. The van der Waals surface area contributed by atoms with E-state index in [2.05, 4.69) is 10.3 Å². The van der Waals surface area contributed by atoms with E-state index in [-0.39, 0.29) is 17.9 Å². The van der Waals surface area contributed by atoms with Gasteiger partial charge in [0.15, 0.2) is 11.5 Å². The van der Waals surface area contributed by atoms with Gasteiger partial charge in [0.05, 0.1) is 37.2 Å². The molecule has 0 bridgehead atoms. The number of carbonyl (C=O) groups excluding carboxylic acids is 1. The fourth-order valence-corrected chi connectivity index (χ4v) is 3.65. The van der Waals surface area contributed by atoms with Crippen molar-refractivity contribution in [2.45, 2.75) is 13.3 Å². The molecule has 1 aromatic heterocycles. The molecule has 1 heterocycles. The number of hydrogen-bond acceptors (Lipinski definition) is 5. The number of nitrogens with one attached hydrogen (secondary N) is 1. The van der Waals surface area contributed by atoms with Crippen LogP contribution < -0.4 is 20.3 Å². The molecule has 3 aromatic carbocycles. The highest BCUT2D eigenvalue weighted by atomic mass is 16.5. The fourth-order valence-electron chi connectivity index (χ4n) is 3.65. The summed E-state index contributed by atoms with van der Waals surface area (Å²) in [6.45, 7) is 1.79. The van der Waals surface area contributed by atoms with Gasteiger partial charge in [-0.05, 0) is 55.0 Å². The average molecular weight is 429 g/mol. The Morgan fingerprint density at radius 2 is 1.75 bits per heavy atom. The van der Waals surface area contributed by atoms with Crippen LogP contribution in [0.1, 0.15) is 11.4 Å².